The third-order valence-electron chi connectivity index (χ3n) is 3.55. The molecule has 1 aromatic rings. The Balaban J connectivity index is 2.00. The minimum absolute atomic E-state index is 0.626. The Bertz CT molecular complexity index is 355. The Labute approximate surface area is 122 Å². The first-order valence-electron chi connectivity index (χ1n) is 6.75. The van der Waals surface area contributed by atoms with Crippen LogP contribution >= 0.6 is 27.7 Å². The molecule has 100 valence electrons. The number of rotatable bonds is 3. The zero-order valence-electron chi connectivity index (χ0n) is 10.9. The van der Waals surface area contributed by atoms with Crippen LogP contribution in [-0.4, -0.2) is 23.3 Å². The van der Waals surface area contributed by atoms with E-state index in [2.05, 4.69) is 45.4 Å². The Morgan fingerprint density at radius 2 is 2.00 bits per heavy atom. The van der Waals surface area contributed by atoms with Crippen molar-refractivity contribution in [3.63, 3.8) is 0 Å². The van der Waals surface area contributed by atoms with Crippen molar-refractivity contribution in [2.45, 2.75) is 54.8 Å². The third-order valence-corrected chi connectivity index (χ3v) is 5.36. The van der Waals surface area contributed by atoms with Crippen molar-refractivity contribution in [1.29, 1.82) is 0 Å². The highest BCUT2D eigenvalue weighted by molar-refractivity contribution is 9.10. The van der Waals surface area contributed by atoms with Gasteiger partial charge in [-0.25, -0.2) is 4.98 Å². The van der Waals surface area contributed by atoms with Gasteiger partial charge >= 0.3 is 0 Å². The molecule has 0 amide bonds. The van der Waals surface area contributed by atoms with Crippen LogP contribution in [0.5, 0.6) is 0 Å². The van der Waals surface area contributed by atoms with Gasteiger partial charge in [-0.15, -0.1) is 11.8 Å². The first kappa shape index (κ1) is 14.4. The van der Waals surface area contributed by atoms with E-state index in [0.717, 1.165) is 9.50 Å². The predicted molar refractivity (Wildman–Crippen MR) is 82.1 cm³/mol. The topological polar surface area (TPSA) is 24.9 Å². The van der Waals surface area contributed by atoms with Gasteiger partial charge < -0.3 is 5.32 Å². The molecule has 1 aliphatic carbocycles. The monoisotopic (exact) mass is 328 g/mol. The molecule has 2 rings (SSSR count). The van der Waals surface area contributed by atoms with Gasteiger partial charge in [0.2, 0.25) is 0 Å². The third kappa shape index (κ3) is 4.25. The fourth-order valence-electron chi connectivity index (χ4n) is 2.51. The van der Waals surface area contributed by atoms with Crippen molar-refractivity contribution in [2.75, 3.05) is 7.05 Å². The number of halogens is 1. The lowest BCUT2D eigenvalue weighted by molar-refractivity contribution is 0.420. The average molecular weight is 329 g/mol. The maximum atomic E-state index is 4.48. The van der Waals surface area contributed by atoms with Crippen LogP contribution in [0.4, 0.5) is 0 Å². The molecular weight excluding hydrogens is 308 g/mol. The van der Waals surface area contributed by atoms with Crippen molar-refractivity contribution in [3.05, 3.63) is 22.8 Å². The SMILES string of the molecule is CNC1CCCCCCC1Sc1ccc(Br)cn1. The predicted octanol–water partition coefficient (Wildman–Crippen LogP) is 4.25. The Morgan fingerprint density at radius 3 is 2.67 bits per heavy atom. The number of nitrogens with one attached hydrogen (secondary N) is 1. The minimum Gasteiger partial charge on any atom is -0.316 e. The summed E-state index contributed by atoms with van der Waals surface area (Å²) in [5, 5.41) is 5.29. The number of nitrogens with zero attached hydrogens (tertiary/aromatic N) is 1. The van der Waals surface area contributed by atoms with E-state index in [9.17, 15) is 0 Å². The van der Waals surface area contributed by atoms with Crippen molar-refractivity contribution in [3.8, 4) is 0 Å². The Kier molecular flexibility index (Phi) is 5.99. The smallest absolute Gasteiger partial charge is 0.0963 e. The van der Waals surface area contributed by atoms with Gasteiger partial charge in [0.05, 0.1) is 5.03 Å². The summed E-state index contributed by atoms with van der Waals surface area (Å²) in [6, 6.07) is 4.81. The van der Waals surface area contributed by atoms with Gasteiger partial charge in [0.15, 0.2) is 0 Å². The summed E-state index contributed by atoms with van der Waals surface area (Å²) < 4.78 is 1.05. The van der Waals surface area contributed by atoms with E-state index in [-0.39, 0.29) is 0 Å². The molecule has 0 radical (unpaired) electrons. The molecule has 2 nitrogen and oxygen atoms in total. The van der Waals surface area contributed by atoms with Gasteiger partial charge in [0, 0.05) is 22.0 Å². The minimum atomic E-state index is 0.626. The molecule has 2 unspecified atom stereocenters. The van der Waals surface area contributed by atoms with Crippen LogP contribution in [0.1, 0.15) is 38.5 Å². The first-order chi connectivity index (χ1) is 8.79. The van der Waals surface area contributed by atoms with Crippen LogP contribution in [0.3, 0.4) is 0 Å². The van der Waals surface area contributed by atoms with Gasteiger partial charge in [0.1, 0.15) is 0 Å². The van der Waals surface area contributed by atoms with E-state index in [4.69, 9.17) is 0 Å². The molecule has 0 aliphatic heterocycles. The number of hydrogen-bond donors (Lipinski definition) is 1. The molecule has 0 aromatic carbocycles. The summed E-state index contributed by atoms with van der Waals surface area (Å²) in [5.74, 6) is 0. The van der Waals surface area contributed by atoms with E-state index in [1.54, 1.807) is 0 Å². The largest absolute Gasteiger partial charge is 0.316 e. The summed E-state index contributed by atoms with van der Waals surface area (Å²) in [7, 11) is 2.09. The molecule has 1 heterocycles. The van der Waals surface area contributed by atoms with E-state index < -0.39 is 0 Å². The molecule has 18 heavy (non-hydrogen) atoms. The second-order valence-electron chi connectivity index (χ2n) is 4.86. The summed E-state index contributed by atoms with van der Waals surface area (Å²) in [4.78, 5) is 4.48. The number of hydrogen-bond acceptors (Lipinski definition) is 3. The van der Waals surface area contributed by atoms with Gasteiger partial charge in [-0.1, -0.05) is 25.7 Å². The maximum Gasteiger partial charge on any atom is 0.0963 e. The van der Waals surface area contributed by atoms with E-state index in [1.165, 1.54) is 38.5 Å². The molecular formula is C14H21BrN2S. The summed E-state index contributed by atoms with van der Waals surface area (Å²) >= 11 is 5.37. The second kappa shape index (κ2) is 7.51. The molecule has 1 saturated carbocycles. The molecule has 2 atom stereocenters. The quantitative estimate of drug-likeness (QED) is 0.897. The zero-order valence-corrected chi connectivity index (χ0v) is 13.3. The number of aromatic nitrogens is 1. The fraction of sp³-hybridized carbons (Fsp3) is 0.643. The van der Waals surface area contributed by atoms with Crippen molar-refractivity contribution < 1.29 is 0 Å². The molecule has 4 heteroatoms. The van der Waals surface area contributed by atoms with E-state index in [1.807, 2.05) is 18.0 Å². The summed E-state index contributed by atoms with van der Waals surface area (Å²) in [5.41, 5.74) is 0. The lowest BCUT2D eigenvalue weighted by Crippen LogP contribution is -2.36. The molecule has 0 saturated heterocycles. The van der Waals surface area contributed by atoms with Crippen LogP contribution in [0.2, 0.25) is 0 Å². The van der Waals surface area contributed by atoms with E-state index in [0.29, 0.717) is 11.3 Å². The molecule has 1 fully saturated rings. The zero-order chi connectivity index (χ0) is 12.8. The van der Waals surface area contributed by atoms with Crippen molar-refractivity contribution in [1.82, 2.24) is 10.3 Å². The first-order valence-corrected chi connectivity index (χ1v) is 8.42. The van der Waals surface area contributed by atoms with Crippen LogP contribution in [-0.2, 0) is 0 Å². The summed E-state index contributed by atoms with van der Waals surface area (Å²) in [6.45, 7) is 0. The molecule has 1 N–H and O–H groups in total. The van der Waals surface area contributed by atoms with Gasteiger partial charge in [0.25, 0.3) is 0 Å². The van der Waals surface area contributed by atoms with Gasteiger partial charge in [-0.3, -0.25) is 0 Å². The molecule has 0 bridgehead atoms. The highest BCUT2D eigenvalue weighted by Gasteiger charge is 2.22. The standard InChI is InChI=1S/C14H21BrN2S/c1-16-12-6-4-2-3-5-7-13(12)18-14-9-8-11(15)10-17-14/h8-10,12-13,16H,2-7H2,1H3. The van der Waals surface area contributed by atoms with Crippen LogP contribution < -0.4 is 5.32 Å². The highest BCUT2D eigenvalue weighted by Crippen LogP contribution is 2.31. The lowest BCUT2D eigenvalue weighted by atomic mass is 9.96. The molecule has 1 aliphatic rings. The Hall–Kier alpha value is -0.0600. The highest BCUT2D eigenvalue weighted by atomic mass is 79.9. The van der Waals surface area contributed by atoms with Gasteiger partial charge in [-0.05, 0) is 48.0 Å². The maximum absolute atomic E-state index is 4.48. The fourth-order valence-corrected chi connectivity index (χ4v) is 4.03. The van der Waals surface area contributed by atoms with Crippen LogP contribution in [0, 0.1) is 0 Å². The van der Waals surface area contributed by atoms with Crippen LogP contribution in [0.15, 0.2) is 27.8 Å². The molecule has 1 aromatic heterocycles. The number of thioether (sulfide) groups is 1. The van der Waals surface area contributed by atoms with E-state index >= 15 is 0 Å². The number of pyridine rings is 1. The van der Waals surface area contributed by atoms with Gasteiger partial charge in [-0.2, -0.15) is 0 Å². The van der Waals surface area contributed by atoms with Crippen molar-refractivity contribution in [2.24, 2.45) is 0 Å². The normalized spacial score (nSPS) is 25.4. The van der Waals surface area contributed by atoms with Crippen LogP contribution in [0.25, 0.3) is 0 Å². The van der Waals surface area contributed by atoms with Crippen molar-refractivity contribution >= 4 is 27.7 Å². The second-order valence-corrected chi connectivity index (χ2v) is 7.03. The Morgan fingerprint density at radius 1 is 1.22 bits per heavy atom. The molecule has 0 spiro atoms. The lowest BCUT2D eigenvalue weighted by Gasteiger charge is -2.28. The summed E-state index contributed by atoms with van der Waals surface area (Å²) in [6.07, 6.45) is 9.98. The average Bonchev–Trinajstić information content (AvgIpc) is 2.36.